The summed E-state index contributed by atoms with van der Waals surface area (Å²) >= 11 is 0. The van der Waals surface area contributed by atoms with Crippen LogP contribution in [0.4, 0.5) is 4.79 Å². The summed E-state index contributed by atoms with van der Waals surface area (Å²) in [7, 11) is 0. The summed E-state index contributed by atoms with van der Waals surface area (Å²) in [4.78, 5) is 23.3. The summed E-state index contributed by atoms with van der Waals surface area (Å²) in [5, 5.41) is 5.65. The van der Waals surface area contributed by atoms with Crippen LogP contribution < -0.4 is 16.2 Å². The van der Waals surface area contributed by atoms with Crippen molar-refractivity contribution in [2.75, 3.05) is 6.54 Å². The van der Waals surface area contributed by atoms with Crippen LogP contribution in [0.2, 0.25) is 0 Å². The third-order valence-corrected chi connectivity index (χ3v) is 3.54. The molecule has 0 aliphatic heterocycles. The van der Waals surface area contributed by atoms with E-state index in [1.807, 2.05) is 30.3 Å². The lowest BCUT2D eigenvalue weighted by Gasteiger charge is -2.09. The molecule has 0 spiro atoms. The predicted molar refractivity (Wildman–Crippen MR) is 91.4 cm³/mol. The zero-order valence-corrected chi connectivity index (χ0v) is 13.4. The Bertz CT molecular complexity index is 677. The molecule has 0 atom stereocenters. The summed E-state index contributed by atoms with van der Waals surface area (Å²) in [6, 6.07) is 12.9. The molecule has 0 aliphatic carbocycles. The van der Waals surface area contributed by atoms with Gasteiger partial charge < -0.3 is 15.2 Å². The molecule has 2 amide bonds. The van der Waals surface area contributed by atoms with Gasteiger partial charge in [-0.05, 0) is 23.6 Å². The van der Waals surface area contributed by atoms with Crippen molar-refractivity contribution in [3.05, 3.63) is 70.1 Å². The number of pyridine rings is 1. The number of nitrogens with one attached hydrogen (secondary N) is 2. The predicted octanol–water partition coefficient (Wildman–Crippen LogP) is 2.50. The molecule has 23 heavy (non-hydrogen) atoms. The lowest BCUT2D eigenvalue weighted by Crippen LogP contribution is -2.35. The minimum Gasteiger partial charge on any atom is -0.338 e. The Morgan fingerprint density at radius 2 is 1.78 bits per heavy atom. The highest BCUT2D eigenvalue weighted by Gasteiger charge is 2.01. The van der Waals surface area contributed by atoms with Crippen molar-refractivity contribution < 1.29 is 4.79 Å². The molecule has 0 saturated heterocycles. The molecular weight excluding hydrogens is 290 g/mol. The number of rotatable bonds is 7. The number of hydrogen-bond acceptors (Lipinski definition) is 2. The van der Waals surface area contributed by atoms with Gasteiger partial charge in [0.15, 0.2) is 0 Å². The van der Waals surface area contributed by atoms with E-state index in [0.717, 1.165) is 24.0 Å². The molecule has 5 heteroatoms. The van der Waals surface area contributed by atoms with Crippen molar-refractivity contribution in [2.45, 2.75) is 32.9 Å². The van der Waals surface area contributed by atoms with Crippen molar-refractivity contribution in [3.63, 3.8) is 0 Å². The zero-order chi connectivity index (χ0) is 16.5. The van der Waals surface area contributed by atoms with Gasteiger partial charge in [0.1, 0.15) is 0 Å². The summed E-state index contributed by atoms with van der Waals surface area (Å²) in [5.41, 5.74) is 2.07. The third-order valence-electron chi connectivity index (χ3n) is 3.54. The standard InChI is InChI=1S/C18H23N3O2/c1-2-3-11-19-18(23)20-13-15-7-9-16(10-8-15)14-21-12-5-4-6-17(21)22/h4-10,12H,2-3,11,13-14H2,1H3,(H2,19,20,23). The number of benzene rings is 1. The average Bonchev–Trinajstić information content (AvgIpc) is 2.56. The van der Waals surface area contributed by atoms with Gasteiger partial charge in [0.25, 0.3) is 5.56 Å². The van der Waals surface area contributed by atoms with Crippen molar-refractivity contribution in [1.29, 1.82) is 0 Å². The molecule has 0 fully saturated rings. The van der Waals surface area contributed by atoms with Crippen LogP contribution in [0.25, 0.3) is 0 Å². The first-order valence-corrected chi connectivity index (χ1v) is 7.94. The molecule has 0 aliphatic rings. The van der Waals surface area contributed by atoms with E-state index in [4.69, 9.17) is 0 Å². The first kappa shape index (κ1) is 16.8. The number of carbonyl (C=O) groups excluding carboxylic acids is 1. The number of aromatic nitrogens is 1. The van der Waals surface area contributed by atoms with Gasteiger partial charge in [-0.2, -0.15) is 0 Å². The van der Waals surface area contributed by atoms with Crippen molar-refractivity contribution in [3.8, 4) is 0 Å². The second kappa shape index (κ2) is 8.78. The number of amides is 2. The molecule has 5 nitrogen and oxygen atoms in total. The molecule has 1 heterocycles. The highest BCUT2D eigenvalue weighted by atomic mass is 16.2. The van der Waals surface area contributed by atoms with Crippen LogP contribution in [-0.2, 0) is 13.1 Å². The van der Waals surface area contributed by atoms with Gasteiger partial charge >= 0.3 is 6.03 Å². The molecule has 122 valence electrons. The molecule has 0 radical (unpaired) electrons. The molecule has 2 rings (SSSR count). The summed E-state index contributed by atoms with van der Waals surface area (Å²) < 4.78 is 1.66. The van der Waals surface area contributed by atoms with Gasteiger partial charge in [-0.15, -0.1) is 0 Å². The lowest BCUT2D eigenvalue weighted by atomic mass is 10.1. The normalized spacial score (nSPS) is 10.3. The van der Waals surface area contributed by atoms with E-state index < -0.39 is 0 Å². The largest absolute Gasteiger partial charge is 0.338 e. The molecule has 2 N–H and O–H groups in total. The van der Waals surface area contributed by atoms with Gasteiger partial charge in [-0.3, -0.25) is 4.79 Å². The molecule has 0 saturated carbocycles. The number of unbranched alkanes of at least 4 members (excludes halogenated alkanes) is 1. The maximum atomic E-state index is 11.7. The fourth-order valence-corrected chi connectivity index (χ4v) is 2.17. The van der Waals surface area contributed by atoms with Gasteiger partial charge in [0.05, 0.1) is 6.54 Å². The minimum absolute atomic E-state index is 0.0120. The maximum absolute atomic E-state index is 11.7. The summed E-state index contributed by atoms with van der Waals surface area (Å²) in [5.74, 6) is 0. The second-order valence-corrected chi connectivity index (χ2v) is 5.45. The highest BCUT2D eigenvalue weighted by molar-refractivity contribution is 5.73. The molecule has 1 aromatic carbocycles. The summed E-state index contributed by atoms with van der Waals surface area (Å²) in [6.45, 7) is 3.83. The minimum atomic E-state index is -0.140. The fourth-order valence-electron chi connectivity index (χ4n) is 2.17. The summed E-state index contributed by atoms with van der Waals surface area (Å²) in [6.07, 6.45) is 3.83. The monoisotopic (exact) mass is 313 g/mol. The van der Waals surface area contributed by atoms with Gasteiger partial charge in [0.2, 0.25) is 0 Å². The van der Waals surface area contributed by atoms with E-state index in [1.165, 1.54) is 0 Å². The van der Waals surface area contributed by atoms with E-state index in [0.29, 0.717) is 19.6 Å². The maximum Gasteiger partial charge on any atom is 0.315 e. The van der Waals surface area contributed by atoms with Crippen molar-refractivity contribution in [2.24, 2.45) is 0 Å². The quantitative estimate of drug-likeness (QED) is 0.771. The van der Waals surface area contributed by atoms with Gasteiger partial charge in [-0.25, -0.2) is 4.79 Å². The number of urea groups is 1. The van der Waals surface area contributed by atoms with Crippen LogP contribution in [0.5, 0.6) is 0 Å². The second-order valence-electron chi connectivity index (χ2n) is 5.45. The first-order valence-electron chi connectivity index (χ1n) is 7.94. The third kappa shape index (κ3) is 5.62. The van der Waals surface area contributed by atoms with Crippen LogP contribution in [0, 0.1) is 0 Å². The highest BCUT2D eigenvalue weighted by Crippen LogP contribution is 2.05. The molecule has 0 bridgehead atoms. The van der Waals surface area contributed by atoms with Gasteiger partial charge in [0, 0.05) is 25.4 Å². The van der Waals surface area contributed by atoms with E-state index >= 15 is 0 Å². The fraction of sp³-hybridized carbons (Fsp3) is 0.333. The smallest absolute Gasteiger partial charge is 0.315 e. The van der Waals surface area contributed by atoms with Crippen molar-refractivity contribution in [1.82, 2.24) is 15.2 Å². The van der Waals surface area contributed by atoms with E-state index in [-0.39, 0.29) is 11.6 Å². The SMILES string of the molecule is CCCCNC(=O)NCc1ccc(Cn2ccccc2=O)cc1. The Hall–Kier alpha value is -2.56. The molecule has 1 aromatic heterocycles. The molecule has 2 aromatic rings. The van der Waals surface area contributed by atoms with E-state index in [9.17, 15) is 9.59 Å². The Morgan fingerprint density at radius 1 is 1.04 bits per heavy atom. The number of hydrogen-bond donors (Lipinski definition) is 2. The van der Waals surface area contributed by atoms with Crippen LogP contribution in [-0.4, -0.2) is 17.1 Å². The van der Waals surface area contributed by atoms with Gasteiger partial charge in [-0.1, -0.05) is 43.7 Å². The average molecular weight is 313 g/mol. The van der Waals surface area contributed by atoms with Crippen LogP contribution in [0.1, 0.15) is 30.9 Å². The molecule has 0 unspecified atom stereocenters. The zero-order valence-electron chi connectivity index (χ0n) is 13.4. The van der Waals surface area contributed by atoms with E-state index in [1.54, 1.807) is 22.9 Å². The Morgan fingerprint density at radius 3 is 2.48 bits per heavy atom. The van der Waals surface area contributed by atoms with Crippen LogP contribution >= 0.6 is 0 Å². The first-order chi connectivity index (χ1) is 11.2. The molecular formula is C18H23N3O2. The Labute approximate surface area is 136 Å². The number of carbonyl (C=O) groups is 1. The lowest BCUT2D eigenvalue weighted by molar-refractivity contribution is 0.240. The van der Waals surface area contributed by atoms with Crippen molar-refractivity contribution >= 4 is 6.03 Å². The van der Waals surface area contributed by atoms with Crippen LogP contribution in [0.3, 0.4) is 0 Å². The Kier molecular flexibility index (Phi) is 6.41. The Balaban J connectivity index is 1.84. The van der Waals surface area contributed by atoms with E-state index in [2.05, 4.69) is 17.6 Å². The number of nitrogens with zero attached hydrogens (tertiary/aromatic N) is 1. The topological polar surface area (TPSA) is 63.1 Å². The van der Waals surface area contributed by atoms with Crippen LogP contribution in [0.15, 0.2) is 53.5 Å².